The summed E-state index contributed by atoms with van der Waals surface area (Å²) in [4.78, 5) is 29.0. The van der Waals surface area contributed by atoms with E-state index in [1.807, 2.05) is 36.4 Å². The molecule has 1 aliphatic carbocycles. The summed E-state index contributed by atoms with van der Waals surface area (Å²) in [6.45, 7) is 0.255. The SMILES string of the molecule is COc1cccc(CN2C(=O)[C@@]3(C(C#N)=C(N)OC4=C3C(=O)CCC4)c3ccccc32)c1. The molecule has 0 saturated carbocycles. The zero-order chi connectivity index (χ0) is 22.5. The third-order valence-electron chi connectivity index (χ3n) is 6.35. The van der Waals surface area contributed by atoms with Gasteiger partial charge in [-0.15, -0.1) is 0 Å². The number of fused-ring (bicyclic) bond motifs is 3. The van der Waals surface area contributed by atoms with Gasteiger partial charge in [0.05, 0.1) is 19.2 Å². The molecule has 1 spiro atoms. The fourth-order valence-electron chi connectivity index (χ4n) is 5.01. The van der Waals surface area contributed by atoms with Gasteiger partial charge in [0.1, 0.15) is 28.6 Å². The van der Waals surface area contributed by atoms with E-state index in [-0.39, 0.29) is 35.3 Å². The van der Waals surface area contributed by atoms with Crippen LogP contribution in [0.2, 0.25) is 0 Å². The van der Waals surface area contributed by atoms with Gasteiger partial charge in [-0.2, -0.15) is 5.26 Å². The lowest BCUT2D eigenvalue weighted by molar-refractivity contribution is -0.124. The number of carbonyl (C=O) groups is 2. The molecule has 5 rings (SSSR count). The Labute approximate surface area is 185 Å². The van der Waals surface area contributed by atoms with E-state index >= 15 is 0 Å². The molecule has 0 bridgehead atoms. The minimum atomic E-state index is -1.58. The van der Waals surface area contributed by atoms with Crippen molar-refractivity contribution in [1.82, 2.24) is 0 Å². The second-order valence-corrected chi connectivity index (χ2v) is 8.04. The van der Waals surface area contributed by atoms with E-state index < -0.39 is 5.41 Å². The molecule has 0 aromatic heterocycles. The number of nitriles is 1. The molecular formula is C25H21N3O4. The first-order valence-electron chi connectivity index (χ1n) is 10.4. The van der Waals surface area contributed by atoms with E-state index in [1.54, 1.807) is 24.1 Å². The van der Waals surface area contributed by atoms with Gasteiger partial charge in [-0.3, -0.25) is 9.59 Å². The van der Waals surface area contributed by atoms with Gasteiger partial charge >= 0.3 is 0 Å². The van der Waals surface area contributed by atoms with Gasteiger partial charge in [-0.05, 0) is 30.2 Å². The minimum absolute atomic E-state index is 0.0305. The Morgan fingerprint density at radius 3 is 2.78 bits per heavy atom. The van der Waals surface area contributed by atoms with E-state index in [9.17, 15) is 14.9 Å². The molecule has 0 unspecified atom stereocenters. The Morgan fingerprint density at radius 1 is 1.19 bits per heavy atom. The predicted octanol–water partition coefficient (Wildman–Crippen LogP) is 3.21. The van der Waals surface area contributed by atoms with Crippen LogP contribution in [0.1, 0.15) is 30.4 Å². The minimum Gasteiger partial charge on any atom is -0.497 e. The van der Waals surface area contributed by atoms with Crippen molar-refractivity contribution >= 4 is 17.4 Å². The molecule has 3 aliphatic rings. The van der Waals surface area contributed by atoms with Crippen molar-refractivity contribution < 1.29 is 19.1 Å². The van der Waals surface area contributed by atoms with Crippen molar-refractivity contribution in [2.45, 2.75) is 31.2 Å². The van der Waals surface area contributed by atoms with Crippen LogP contribution >= 0.6 is 0 Å². The maximum absolute atomic E-state index is 14.2. The average Bonchev–Trinajstić information content (AvgIpc) is 3.03. The fourth-order valence-corrected chi connectivity index (χ4v) is 5.01. The summed E-state index contributed by atoms with van der Waals surface area (Å²) < 4.78 is 11.0. The first-order valence-corrected chi connectivity index (χ1v) is 10.4. The van der Waals surface area contributed by atoms with E-state index in [0.717, 1.165) is 5.56 Å². The Hall–Kier alpha value is -4.05. The van der Waals surface area contributed by atoms with Crippen LogP contribution in [0.15, 0.2) is 71.3 Å². The smallest absolute Gasteiger partial charge is 0.248 e. The third kappa shape index (κ3) is 2.59. The maximum atomic E-state index is 14.2. The molecule has 0 saturated heterocycles. The van der Waals surface area contributed by atoms with Crippen LogP contribution in [0.5, 0.6) is 5.75 Å². The monoisotopic (exact) mass is 427 g/mol. The number of rotatable bonds is 3. The largest absolute Gasteiger partial charge is 0.497 e. The predicted molar refractivity (Wildman–Crippen MR) is 116 cm³/mol. The summed E-state index contributed by atoms with van der Waals surface area (Å²) in [5.41, 5.74) is 6.88. The van der Waals surface area contributed by atoms with Crippen LogP contribution in [0.3, 0.4) is 0 Å². The number of ether oxygens (including phenoxy) is 2. The molecule has 2 heterocycles. The van der Waals surface area contributed by atoms with Gasteiger partial charge in [0.2, 0.25) is 11.8 Å². The number of para-hydroxylation sites is 1. The average molecular weight is 427 g/mol. The second kappa shape index (κ2) is 7.27. The number of ketones is 1. The van der Waals surface area contributed by atoms with Crippen molar-refractivity contribution in [1.29, 1.82) is 5.26 Å². The molecule has 2 aliphatic heterocycles. The molecule has 2 aromatic rings. The third-order valence-corrected chi connectivity index (χ3v) is 6.35. The number of nitrogens with zero attached hydrogens (tertiary/aromatic N) is 2. The molecule has 1 amide bonds. The fraction of sp³-hybridized carbons (Fsp3) is 0.240. The second-order valence-electron chi connectivity index (χ2n) is 8.04. The number of nitrogens with two attached hydrogens (primary N) is 1. The topological polar surface area (TPSA) is 106 Å². The Kier molecular flexibility index (Phi) is 4.52. The van der Waals surface area contributed by atoms with Gasteiger partial charge in [0.25, 0.3) is 0 Å². The van der Waals surface area contributed by atoms with Gasteiger partial charge in [0, 0.05) is 24.1 Å². The molecular weight excluding hydrogens is 406 g/mol. The summed E-state index contributed by atoms with van der Waals surface area (Å²) in [7, 11) is 1.59. The summed E-state index contributed by atoms with van der Waals surface area (Å²) >= 11 is 0. The number of benzene rings is 2. The Morgan fingerprint density at radius 2 is 2.00 bits per heavy atom. The number of carbonyl (C=O) groups excluding carboxylic acids is 2. The number of Topliss-reactive ketones (excluding diaryl/α,β-unsaturated/α-hetero) is 1. The molecule has 0 radical (unpaired) electrons. The van der Waals surface area contributed by atoms with Gasteiger partial charge in [-0.25, -0.2) is 0 Å². The summed E-state index contributed by atoms with van der Waals surface area (Å²) in [6.07, 6.45) is 1.41. The first-order chi connectivity index (χ1) is 15.5. The van der Waals surface area contributed by atoms with Crippen LogP contribution in [0.25, 0.3) is 0 Å². The van der Waals surface area contributed by atoms with Crippen LogP contribution in [0, 0.1) is 11.3 Å². The van der Waals surface area contributed by atoms with E-state index in [0.29, 0.717) is 42.0 Å². The Bertz CT molecular complexity index is 1270. The lowest BCUT2D eigenvalue weighted by Crippen LogP contribution is -2.48. The van der Waals surface area contributed by atoms with Crippen molar-refractivity contribution in [3.63, 3.8) is 0 Å². The highest BCUT2D eigenvalue weighted by Gasteiger charge is 2.61. The number of hydrogen-bond donors (Lipinski definition) is 1. The maximum Gasteiger partial charge on any atom is 0.248 e. The van der Waals surface area contributed by atoms with Crippen molar-refractivity contribution in [3.05, 3.63) is 82.4 Å². The lowest BCUT2D eigenvalue weighted by atomic mass is 9.65. The Balaban J connectivity index is 1.74. The van der Waals surface area contributed by atoms with E-state index in [2.05, 4.69) is 6.07 Å². The number of allylic oxidation sites excluding steroid dienone is 1. The highest BCUT2D eigenvalue weighted by molar-refractivity contribution is 6.20. The summed E-state index contributed by atoms with van der Waals surface area (Å²) in [5.74, 6) is 0.402. The molecule has 2 aromatic carbocycles. The highest BCUT2D eigenvalue weighted by Crippen LogP contribution is 2.55. The van der Waals surface area contributed by atoms with Gasteiger partial charge in [-0.1, -0.05) is 30.3 Å². The standard InChI is InChI=1S/C25H21N3O4/c1-31-16-7-4-6-15(12-16)14-28-19-9-3-2-8-17(19)25(24(28)30)18(13-26)23(27)32-21-11-5-10-20(29)22(21)25/h2-4,6-9,12H,5,10-11,14,27H2,1H3/t25-/m1/s1. The number of methoxy groups -OCH3 is 1. The van der Waals surface area contributed by atoms with E-state index in [4.69, 9.17) is 15.2 Å². The zero-order valence-corrected chi connectivity index (χ0v) is 17.6. The molecule has 160 valence electrons. The number of amides is 1. The van der Waals surface area contributed by atoms with Crippen LogP contribution in [0.4, 0.5) is 5.69 Å². The molecule has 1 atom stereocenters. The van der Waals surface area contributed by atoms with Crippen LogP contribution in [-0.4, -0.2) is 18.8 Å². The van der Waals surface area contributed by atoms with Crippen LogP contribution in [-0.2, 0) is 26.3 Å². The van der Waals surface area contributed by atoms with Gasteiger partial charge < -0.3 is 20.1 Å². The molecule has 0 fully saturated rings. The summed E-state index contributed by atoms with van der Waals surface area (Å²) in [6, 6.07) is 16.8. The normalized spacial score (nSPS) is 21.9. The first kappa shape index (κ1) is 19.9. The molecule has 7 nitrogen and oxygen atoms in total. The number of hydrogen-bond acceptors (Lipinski definition) is 6. The quantitative estimate of drug-likeness (QED) is 0.806. The molecule has 32 heavy (non-hydrogen) atoms. The van der Waals surface area contributed by atoms with Gasteiger partial charge in [0.15, 0.2) is 5.78 Å². The zero-order valence-electron chi connectivity index (χ0n) is 17.6. The highest BCUT2D eigenvalue weighted by atomic mass is 16.5. The van der Waals surface area contributed by atoms with Crippen molar-refractivity contribution in [3.8, 4) is 11.8 Å². The summed E-state index contributed by atoms with van der Waals surface area (Å²) in [5, 5.41) is 10.1. The van der Waals surface area contributed by atoms with Crippen molar-refractivity contribution in [2.24, 2.45) is 5.73 Å². The molecule has 7 heteroatoms. The van der Waals surface area contributed by atoms with Crippen molar-refractivity contribution in [2.75, 3.05) is 12.0 Å². The van der Waals surface area contributed by atoms with E-state index in [1.165, 1.54) is 0 Å². The lowest BCUT2D eigenvalue weighted by Gasteiger charge is -2.37. The molecule has 2 N–H and O–H groups in total. The number of anilines is 1. The van der Waals surface area contributed by atoms with Crippen LogP contribution < -0.4 is 15.4 Å².